The molecule has 0 saturated heterocycles. The molecule has 0 aliphatic carbocycles. The van der Waals surface area contributed by atoms with Crippen LogP contribution in [0.15, 0.2) is 42.5 Å². The van der Waals surface area contributed by atoms with Crippen LogP contribution in [-0.4, -0.2) is 29.5 Å². The van der Waals surface area contributed by atoms with Crippen molar-refractivity contribution >= 4 is 28.4 Å². The fourth-order valence-electron chi connectivity index (χ4n) is 2.90. The summed E-state index contributed by atoms with van der Waals surface area (Å²) in [4.78, 5) is 13.0. The van der Waals surface area contributed by atoms with Crippen LogP contribution >= 0.6 is 11.6 Å². The number of hydrogen-bond donors (Lipinski definition) is 1. The van der Waals surface area contributed by atoms with Crippen LogP contribution in [0.1, 0.15) is 21.6 Å². The maximum absolute atomic E-state index is 13.0. The molecule has 3 rings (SSSR count). The van der Waals surface area contributed by atoms with Crippen LogP contribution in [0.5, 0.6) is 5.75 Å². The fourth-order valence-corrected chi connectivity index (χ4v) is 3.03. The van der Waals surface area contributed by atoms with Gasteiger partial charge in [0.2, 0.25) is 0 Å². The maximum atomic E-state index is 13.0. The van der Waals surface area contributed by atoms with Gasteiger partial charge < -0.3 is 14.6 Å². The average Bonchev–Trinajstić information content (AvgIpc) is 2.90. The van der Waals surface area contributed by atoms with Crippen LogP contribution in [0.25, 0.3) is 10.9 Å². The second-order valence-corrected chi connectivity index (χ2v) is 6.01. The van der Waals surface area contributed by atoms with Gasteiger partial charge in [0.1, 0.15) is 12.5 Å². The zero-order chi connectivity index (χ0) is 18.0. The second kappa shape index (κ2) is 7.27. The van der Waals surface area contributed by atoms with Gasteiger partial charge in [-0.25, -0.2) is 0 Å². The lowest BCUT2D eigenvalue weighted by Crippen LogP contribution is -2.13. The molecule has 0 unspecified atom stereocenters. The molecule has 1 N–H and O–H groups in total. The normalized spacial score (nSPS) is 11.0. The van der Waals surface area contributed by atoms with E-state index in [1.54, 1.807) is 35.9 Å². The van der Waals surface area contributed by atoms with Gasteiger partial charge in [0.15, 0.2) is 0 Å². The Morgan fingerprint density at radius 3 is 2.56 bits per heavy atom. The standard InChI is InChI=1S/C19H18ClNO4/c1-12-17(10-25-11-22)16-9-15(24-2)7-8-18(16)21(12)19(23)13-3-5-14(20)6-4-13/h3-9,22H,10-11H2,1-2H3. The molecule has 130 valence electrons. The third kappa shape index (κ3) is 3.26. The fraction of sp³-hybridized carbons (Fsp3) is 0.211. The lowest BCUT2D eigenvalue weighted by molar-refractivity contribution is -0.0110. The van der Waals surface area contributed by atoms with E-state index in [-0.39, 0.29) is 19.3 Å². The first-order valence-electron chi connectivity index (χ1n) is 7.73. The van der Waals surface area contributed by atoms with E-state index in [0.29, 0.717) is 16.3 Å². The summed E-state index contributed by atoms with van der Waals surface area (Å²) in [6.07, 6.45) is 0. The highest BCUT2D eigenvalue weighted by Gasteiger charge is 2.20. The summed E-state index contributed by atoms with van der Waals surface area (Å²) in [7, 11) is 1.59. The van der Waals surface area contributed by atoms with Crippen molar-refractivity contribution in [3.63, 3.8) is 0 Å². The summed E-state index contributed by atoms with van der Waals surface area (Å²) >= 11 is 5.91. The smallest absolute Gasteiger partial charge is 0.262 e. The summed E-state index contributed by atoms with van der Waals surface area (Å²) in [6, 6.07) is 12.3. The number of fused-ring (bicyclic) bond motifs is 1. The van der Waals surface area contributed by atoms with Gasteiger partial charge in [-0.3, -0.25) is 9.36 Å². The van der Waals surface area contributed by atoms with E-state index in [1.165, 1.54) is 0 Å². The van der Waals surface area contributed by atoms with Gasteiger partial charge in [-0.15, -0.1) is 0 Å². The minimum atomic E-state index is -0.388. The molecule has 3 aromatic rings. The maximum Gasteiger partial charge on any atom is 0.262 e. The van der Waals surface area contributed by atoms with Gasteiger partial charge in [-0.1, -0.05) is 11.6 Å². The van der Waals surface area contributed by atoms with Crippen molar-refractivity contribution in [1.82, 2.24) is 4.57 Å². The SMILES string of the molecule is COc1ccc2c(c1)c(COCO)c(C)n2C(=O)c1ccc(Cl)cc1. The molecular formula is C19H18ClNO4. The first-order chi connectivity index (χ1) is 12.1. The molecule has 0 atom stereocenters. The van der Waals surface area contributed by atoms with E-state index in [1.807, 2.05) is 25.1 Å². The quantitative estimate of drug-likeness (QED) is 0.704. The van der Waals surface area contributed by atoms with Crippen LogP contribution in [0.4, 0.5) is 0 Å². The minimum Gasteiger partial charge on any atom is -0.497 e. The number of rotatable bonds is 5. The Kier molecular flexibility index (Phi) is 5.08. The zero-order valence-corrected chi connectivity index (χ0v) is 14.7. The minimum absolute atomic E-state index is 0.153. The molecule has 2 aromatic carbocycles. The van der Waals surface area contributed by atoms with Crippen molar-refractivity contribution in [2.45, 2.75) is 13.5 Å². The van der Waals surface area contributed by atoms with Gasteiger partial charge in [-0.05, 0) is 49.4 Å². The largest absolute Gasteiger partial charge is 0.497 e. The molecule has 0 fully saturated rings. The topological polar surface area (TPSA) is 60.7 Å². The number of aliphatic hydroxyl groups excluding tert-OH is 1. The van der Waals surface area contributed by atoms with Crippen LogP contribution in [0.2, 0.25) is 5.02 Å². The van der Waals surface area contributed by atoms with Crippen molar-refractivity contribution in [2.75, 3.05) is 13.9 Å². The number of halogens is 1. The van der Waals surface area contributed by atoms with Crippen LogP contribution in [0, 0.1) is 6.92 Å². The number of ether oxygens (including phenoxy) is 2. The number of carbonyl (C=O) groups is 1. The second-order valence-electron chi connectivity index (χ2n) is 5.57. The van der Waals surface area contributed by atoms with Gasteiger partial charge in [0, 0.05) is 27.2 Å². The van der Waals surface area contributed by atoms with Crippen molar-refractivity contribution in [1.29, 1.82) is 0 Å². The first kappa shape index (κ1) is 17.5. The molecule has 1 aromatic heterocycles. The first-order valence-corrected chi connectivity index (χ1v) is 8.11. The Morgan fingerprint density at radius 1 is 1.20 bits per heavy atom. The molecular weight excluding hydrogens is 342 g/mol. The monoisotopic (exact) mass is 359 g/mol. The third-order valence-electron chi connectivity index (χ3n) is 4.17. The van der Waals surface area contributed by atoms with E-state index < -0.39 is 0 Å². The zero-order valence-electron chi connectivity index (χ0n) is 14.0. The summed E-state index contributed by atoms with van der Waals surface area (Å²) in [5.74, 6) is 0.536. The lowest BCUT2D eigenvalue weighted by Gasteiger charge is -2.08. The number of methoxy groups -OCH3 is 1. The molecule has 0 bridgehead atoms. The van der Waals surface area contributed by atoms with Crippen molar-refractivity contribution in [2.24, 2.45) is 0 Å². The number of aliphatic hydroxyl groups is 1. The highest BCUT2D eigenvalue weighted by atomic mass is 35.5. The summed E-state index contributed by atoms with van der Waals surface area (Å²) in [6.45, 7) is 1.67. The summed E-state index contributed by atoms with van der Waals surface area (Å²) in [5, 5.41) is 10.4. The molecule has 0 saturated carbocycles. The Balaban J connectivity index is 2.18. The molecule has 5 nitrogen and oxygen atoms in total. The molecule has 1 heterocycles. The van der Waals surface area contributed by atoms with Crippen LogP contribution in [-0.2, 0) is 11.3 Å². The summed E-state index contributed by atoms with van der Waals surface area (Å²) in [5.41, 5.74) is 2.89. The van der Waals surface area contributed by atoms with Gasteiger partial charge in [0.05, 0.1) is 19.2 Å². The highest BCUT2D eigenvalue weighted by molar-refractivity contribution is 6.30. The lowest BCUT2D eigenvalue weighted by atomic mass is 10.1. The Bertz CT molecular complexity index is 915. The number of carbonyl (C=O) groups excluding carboxylic acids is 1. The molecule has 6 heteroatoms. The molecule has 0 aliphatic heterocycles. The number of nitrogens with zero attached hydrogens (tertiary/aromatic N) is 1. The molecule has 0 amide bonds. The number of benzene rings is 2. The van der Waals surface area contributed by atoms with Gasteiger partial charge in [0.25, 0.3) is 5.91 Å². The van der Waals surface area contributed by atoms with E-state index in [4.69, 9.17) is 26.2 Å². The Hall–Kier alpha value is -2.34. The van der Waals surface area contributed by atoms with Gasteiger partial charge in [-0.2, -0.15) is 0 Å². The molecule has 25 heavy (non-hydrogen) atoms. The Morgan fingerprint density at radius 2 is 1.92 bits per heavy atom. The summed E-state index contributed by atoms with van der Waals surface area (Å²) < 4.78 is 12.1. The van der Waals surface area contributed by atoms with E-state index in [2.05, 4.69) is 0 Å². The predicted octanol–water partition coefficient (Wildman–Crippen LogP) is 3.77. The van der Waals surface area contributed by atoms with Crippen molar-refractivity contribution in [3.05, 3.63) is 64.3 Å². The number of aromatic nitrogens is 1. The van der Waals surface area contributed by atoms with E-state index >= 15 is 0 Å². The van der Waals surface area contributed by atoms with Gasteiger partial charge >= 0.3 is 0 Å². The third-order valence-corrected chi connectivity index (χ3v) is 4.43. The van der Waals surface area contributed by atoms with Crippen LogP contribution < -0.4 is 4.74 Å². The molecule has 0 radical (unpaired) electrons. The number of hydrogen-bond acceptors (Lipinski definition) is 4. The Labute approximate surface area is 150 Å². The molecule has 0 aliphatic rings. The predicted molar refractivity (Wildman–Crippen MR) is 96.3 cm³/mol. The average molecular weight is 360 g/mol. The van der Waals surface area contributed by atoms with Crippen molar-refractivity contribution < 1.29 is 19.4 Å². The van der Waals surface area contributed by atoms with Crippen LogP contribution in [0.3, 0.4) is 0 Å². The highest BCUT2D eigenvalue weighted by Crippen LogP contribution is 2.30. The molecule has 0 spiro atoms. The van der Waals surface area contributed by atoms with E-state index in [9.17, 15) is 4.79 Å². The van der Waals surface area contributed by atoms with Crippen molar-refractivity contribution in [3.8, 4) is 5.75 Å². The van der Waals surface area contributed by atoms with E-state index in [0.717, 1.165) is 22.2 Å².